The monoisotopic (exact) mass is 338 g/mol. The molecule has 0 amide bonds. The van der Waals surface area contributed by atoms with Crippen LogP contribution in [-0.2, 0) is 15.3 Å². The van der Waals surface area contributed by atoms with E-state index in [0.717, 1.165) is 18.4 Å². The van der Waals surface area contributed by atoms with Gasteiger partial charge in [-0.1, -0.05) is 48.5 Å². The third-order valence-electron chi connectivity index (χ3n) is 4.03. The number of anilines is 1. The first-order valence-electron chi connectivity index (χ1n) is 8.61. The van der Waals surface area contributed by atoms with Gasteiger partial charge in [-0.15, -0.1) is 0 Å². The lowest BCUT2D eigenvalue weighted by Gasteiger charge is -2.27. The van der Waals surface area contributed by atoms with E-state index in [9.17, 15) is 0 Å². The molecule has 0 bridgehead atoms. The zero-order chi connectivity index (χ0) is 18.0. The van der Waals surface area contributed by atoms with Crippen molar-refractivity contribution in [3.05, 3.63) is 66.2 Å². The van der Waals surface area contributed by atoms with E-state index in [2.05, 4.69) is 23.1 Å². The zero-order valence-corrected chi connectivity index (χ0v) is 15.0. The van der Waals surface area contributed by atoms with Crippen molar-refractivity contribution in [1.29, 1.82) is 5.26 Å². The van der Waals surface area contributed by atoms with Gasteiger partial charge in [-0.3, -0.25) is 0 Å². The minimum atomic E-state index is -0.613. The van der Waals surface area contributed by atoms with Gasteiger partial charge in [-0.25, -0.2) is 0 Å². The summed E-state index contributed by atoms with van der Waals surface area (Å²) in [6, 6.07) is 22.4. The summed E-state index contributed by atoms with van der Waals surface area (Å²) in [6.07, 6.45) is 2.08. The van der Waals surface area contributed by atoms with E-state index < -0.39 is 5.79 Å². The third-order valence-corrected chi connectivity index (χ3v) is 4.03. The Morgan fingerprint density at radius 2 is 1.52 bits per heavy atom. The van der Waals surface area contributed by atoms with Gasteiger partial charge in [0, 0.05) is 38.2 Å². The second-order valence-electron chi connectivity index (χ2n) is 6.06. The molecule has 0 spiro atoms. The maximum Gasteiger partial charge on any atom is 0.195 e. The maximum atomic E-state index is 8.56. The van der Waals surface area contributed by atoms with Crippen molar-refractivity contribution in [2.75, 3.05) is 32.2 Å². The molecule has 0 unspecified atom stereocenters. The van der Waals surface area contributed by atoms with Crippen LogP contribution in [0, 0.1) is 11.3 Å². The summed E-state index contributed by atoms with van der Waals surface area (Å²) >= 11 is 0. The number of benzene rings is 2. The van der Waals surface area contributed by atoms with E-state index in [4.69, 9.17) is 14.7 Å². The minimum Gasteiger partial charge on any atom is -0.378 e. The van der Waals surface area contributed by atoms with Crippen LogP contribution in [0.1, 0.15) is 24.8 Å². The van der Waals surface area contributed by atoms with Gasteiger partial charge in [0.2, 0.25) is 0 Å². The minimum absolute atomic E-state index is 0.543. The van der Waals surface area contributed by atoms with E-state index in [1.165, 1.54) is 5.69 Å². The molecule has 3 rings (SSSR count). The van der Waals surface area contributed by atoms with Crippen LogP contribution >= 0.6 is 0 Å². The molecule has 0 atom stereocenters. The van der Waals surface area contributed by atoms with E-state index in [0.29, 0.717) is 19.6 Å². The fraction of sp³-hybridized carbons (Fsp3) is 0.381. The van der Waals surface area contributed by atoms with E-state index in [-0.39, 0.29) is 0 Å². The number of ether oxygens (including phenoxy) is 2. The van der Waals surface area contributed by atoms with Crippen molar-refractivity contribution in [3.63, 3.8) is 0 Å². The Hall–Kier alpha value is -2.35. The topological polar surface area (TPSA) is 45.5 Å². The molecule has 0 N–H and O–H groups in total. The van der Waals surface area contributed by atoms with Crippen LogP contribution in [0.3, 0.4) is 0 Å². The highest BCUT2D eigenvalue weighted by Gasteiger charge is 2.37. The number of para-hydroxylation sites is 1. The first-order chi connectivity index (χ1) is 12.2. The standard InChI is InChI=1S/C13H15NO2.C8H11N/c14-9-5-4-8-13(15-10-11-16-13)12-6-2-1-3-7-12;1-9(2)8-6-4-3-5-7-8/h1-3,6-7H,4-5,8,10-11H2;3-7H,1-2H3. The Labute approximate surface area is 150 Å². The van der Waals surface area contributed by atoms with Gasteiger partial charge >= 0.3 is 0 Å². The third kappa shape index (κ3) is 5.60. The van der Waals surface area contributed by atoms with Crippen molar-refractivity contribution in [3.8, 4) is 6.07 Å². The molecule has 25 heavy (non-hydrogen) atoms. The predicted octanol–water partition coefficient (Wildman–Crippen LogP) is 4.33. The molecule has 0 aromatic heterocycles. The Bertz CT molecular complexity index is 645. The zero-order valence-electron chi connectivity index (χ0n) is 15.0. The second-order valence-corrected chi connectivity index (χ2v) is 6.06. The Kier molecular flexibility index (Phi) is 7.46. The van der Waals surface area contributed by atoms with Gasteiger partial charge in [0.15, 0.2) is 5.79 Å². The average molecular weight is 338 g/mol. The average Bonchev–Trinajstić information content (AvgIpc) is 3.14. The molecule has 0 radical (unpaired) electrons. The summed E-state index contributed by atoms with van der Waals surface area (Å²) in [7, 11) is 4.07. The van der Waals surface area contributed by atoms with E-state index >= 15 is 0 Å². The highest BCUT2D eigenvalue weighted by molar-refractivity contribution is 5.43. The molecule has 2 aromatic rings. The van der Waals surface area contributed by atoms with Crippen molar-refractivity contribution in [1.82, 2.24) is 0 Å². The SMILES string of the molecule is CN(C)c1ccccc1.N#CCCCC1(c2ccccc2)OCCO1. The molecular weight excluding hydrogens is 312 g/mol. The molecule has 0 saturated carbocycles. The van der Waals surface area contributed by atoms with Crippen LogP contribution in [0.2, 0.25) is 0 Å². The first-order valence-corrected chi connectivity index (χ1v) is 8.61. The lowest BCUT2D eigenvalue weighted by Crippen LogP contribution is -2.26. The summed E-state index contributed by atoms with van der Waals surface area (Å²) < 4.78 is 11.5. The lowest BCUT2D eigenvalue weighted by molar-refractivity contribution is -0.171. The molecule has 4 heteroatoms. The van der Waals surface area contributed by atoms with Gasteiger partial charge in [-0.05, 0) is 18.6 Å². The Balaban J connectivity index is 0.000000212. The number of nitrogens with zero attached hydrogens (tertiary/aromatic N) is 2. The van der Waals surface area contributed by atoms with Crippen molar-refractivity contribution in [2.45, 2.75) is 25.0 Å². The highest BCUT2D eigenvalue weighted by Crippen LogP contribution is 2.36. The largest absolute Gasteiger partial charge is 0.378 e. The van der Waals surface area contributed by atoms with Crippen molar-refractivity contribution in [2.24, 2.45) is 0 Å². The van der Waals surface area contributed by atoms with Gasteiger partial charge < -0.3 is 14.4 Å². The molecule has 132 valence electrons. The number of rotatable bonds is 5. The smallest absolute Gasteiger partial charge is 0.195 e. The fourth-order valence-corrected chi connectivity index (χ4v) is 2.73. The van der Waals surface area contributed by atoms with E-state index in [1.807, 2.05) is 62.6 Å². The number of hydrogen-bond donors (Lipinski definition) is 0. The summed E-state index contributed by atoms with van der Waals surface area (Å²) in [5.41, 5.74) is 2.29. The van der Waals surface area contributed by atoms with Crippen molar-refractivity contribution < 1.29 is 9.47 Å². The molecule has 1 aliphatic rings. The van der Waals surface area contributed by atoms with Crippen LogP contribution < -0.4 is 4.90 Å². The Morgan fingerprint density at radius 3 is 2.00 bits per heavy atom. The van der Waals surface area contributed by atoms with Crippen LogP contribution in [-0.4, -0.2) is 27.3 Å². The number of hydrogen-bond acceptors (Lipinski definition) is 4. The molecular formula is C21H26N2O2. The molecule has 0 aliphatic carbocycles. The number of nitriles is 1. The van der Waals surface area contributed by atoms with Crippen molar-refractivity contribution >= 4 is 5.69 Å². The quantitative estimate of drug-likeness (QED) is 0.761. The molecule has 1 saturated heterocycles. The predicted molar refractivity (Wildman–Crippen MR) is 100 cm³/mol. The molecule has 2 aromatic carbocycles. The van der Waals surface area contributed by atoms with Crippen LogP contribution in [0.5, 0.6) is 0 Å². The summed E-state index contributed by atoms with van der Waals surface area (Å²) in [5.74, 6) is -0.613. The van der Waals surface area contributed by atoms with Gasteiger partial charge in [0.05, 0.1) is 19.3 Å². The second kappa shape index (κ2) is 9.83. The maximum absolute atomic E-state index is 8.56. The van der Waals surface area contributed by atoms with Crippen LogP contribution in [0.15, 0.2) is 60.7 Å². The normalized spacial score (nSPS) is 14.9. The summed E-state index contributed by atoms with van der Waals surface area (Å²) in [6.45, 7) is 1.25. The summed E-state index contributed by atoms with van der Waals surface area (Å²) in [4.78, 5) is 2.08. The van der Waals surface area contributed by atoms with Gasteiger partial charge in [0.1, 0.15) is 0 Å². The number of unbranched alkanes of at least 4 members (excludes halogenated alkanes) is 1. The van der Waals surface area contributed by atoms with E-state index in [1.54, 1.807) is 0 Å². The molecule has 1 aliphatic heterocycles. The lowest BCUT2D eigenvalue weighted by atomic mass is 10.00. The first kappa shape index (κ1) is 19.0. The highest BCUT2D eigenvalue weighted by atomic mass is 16.7. The van der Waals surface area contributed by atoms with Gasteiger partial charge in [0.25, 0.3) is 0 Å². The molecule has 4 nitrogen and oxygen atoms in total. The van der Waals surface area contributed by atoms with Crippen LogP contribution in [0.25, 0.3) is 0 Å². The summed E-state index contributed by atoms with van der Waals surface area (Å²) in [5, 5.41) is 8.56. The van der Waals surface area contributed by atoms with Gasteiger partial charge in [-0.2, -0.15) is 5.26 Å². The van der Waals surface area contributed by atoms with Crippen LogP contribution in [0.4, 0.5) is 5.69 Å². The molecule has 1 heterocycles. The molecule has 1 fully saturated rings. The fourth-order valence-electron chi connectivity index (χ4n) is 2.73. The Morgan fingerprint density at radius 1 is 0.960 bits per heavy atom.